The van der Waals surface area contributed by atoms with E-state index in [0.717, 1.165) is 45.5 Å². The topological polar surface area (TPSA) is 32.8 Å². The summed E-state index contributed by atoms with van der Waals surface area (Å²) in [6, 6.07) is 0. The summed E-state index contributed by atoms with van der Waals surface area (Å²) >= 11 is 0. The minimum Gasteiger partial charge on any atom is -0.383 e. The summed E-state index contributed by atoms with van der Waals surface area (Å²) in [7, 11) is 1.76. The molecule has 1 atom stereocenters. The fourth-order valence-corrected chi connectivity index (χ4v) is 4.07. The molecule has 3 rings (SSSR count). The number of hydrogen-bond acceptors (Lipinski definition) is 3. The van der Waals surface area contributed by atoms with Crippen LogP contribution in [0.1, 0.15) is 38.5 Å². The summed E-state index contributed by atoms with van der Waals surface area (Å²) in [6.45, 7) is 4.93. The van der Waals surface area contributed by atoms with Gasteiger partial charge in [0.1, 0.15) is 0 Å². The van der Waals surface area contributed by atoms with Crippen LogP contribution >= 0.6 is 0 Å². The highest BCUT2D eigenvalue weighted by molar-refractivity contribution is 5.79. The highest BCUT2D eigenvalue weighted by Gasteiger charge is 2.50. The second-order valence-corrected chi connectivity index (χ2v) is 6.45. The molecule has 0 unspecified atom stereocenters. The van der Waals surface area contributed by atoms with E-state index in [4.69, 9.17) is 4.74 Å². The molecule has 2 aliphatic heterocycles. The second kappa shape index (κ2) is 5.41. The van der Waals surface area contributed by atoms with Crippen molar-refractivity contribution in [1.29, 1.82) is 0 Å². The zero-order chi connectivity index (χ0) is 13.3. The molecular weight excluding hydrogens is 240 g/mol. The van der Waals surface area contributed by atoms with Gasteiger partial charge in [0, 0.05) is 44.7 Å². The van der Waals surface area contributed by atoms with Crippen molar-refractivity contribution in [3.8, 4) is 0 Å². The van der Waals surface area contributed by atoms with Crippen LogP contribution < -0.4 is 0 Å². The molecule has 0 N–H and O–H groups in total. The van der Waals surface area contributed by atoms with Gasteiger partial charge in [-0.1, -0.05) is 12.8 Å². The van der Waals surface area contributed by atoms with E-state index in [-0.39, 0.29) is 0 Å². The Bertz CT molecular complexity index is 341. The summed E-state index contributed by atoms with van der Waals surface area (Å²) in [6.07, 6.45) is 7.15. The van der Waals surface area contributed by atoms with E-state index in [1.54, 1.807) is 7.11 Å². The molecule has 108 valence electrons. The van der Waals surface area contributed by atoms with Gasteiger partial charge in [-0.2, -0.15) is 0 Å². The standard InChI is InChI=1S/C15H26N2O2/c1-19-11-10-17-9-7-15(17)6-8-16(12-15)14(18)13-4-2-3-5-13/h13H,2-12H2,1H3/t15-/m1/s1. The minimum atomic E-state index is 0.298. The molecule has 0 aromatic rings. The fourth-order valence-electron chi connectivity index (χ4n) is 4.07. The maximum Gasteiger partial charge on any atom is 0.225 e. The summed E-state index contributed by atoms with van der Waals surface area (Å²) in [5.41, 5.74) is 0.298. The third-order valence-corrected chi connectivity index (χ3v) is 5.43. The van der Waals surface area contributed by atoms with E-state index in [1.165, 1.54) is 25.8 Å². The average molecular weight is 266 g/mol. The number of amides is 1. The van der Waals surface area contributed by atoms with Gasteiger partial charge < -0.3 is 9.64 Å². The Morgan fingerprint density at radius 1 is 1.26 bits per heavy atom. The molecule has 0 bridgehead atoms. The van der Waals surface area contributed by atoms with Crippen molar-refractivity contribution in [3.05, 3.63) is 0 Å². The molecule has 1 spiro atoms. The maximum absolute atomic E-state index is 12.5. The number of rotatable bonds is 4. The number of likely N-dealkylation sites (tertiary alicyclic amines) is 2. The van der Waals surface area contributed by atoms with Crippen molar-refractivity contribution in [2.24, 2.45) is 5.92 Å². The van der Waals surface area contributed by atoms with Crippen LogP contribution in [0.4, 0.5) is 0 Å². The van der Waals surface area contributed by atoms with Gasteiger partial charge in [0.05, 0.1) is 6.61 Å². The van der Waals surface area contributed by atoms with Gasteiger partial charge in [-0.15, -0.1) is 0 Å². The number of hydrogen-bond donors (Lipinski definition) is 0. The Morgan fingerprint density at radius 2 is 2.00 bits per heavy atom. The van der Waals surface area contributed by atoms with Gasteiger partial charge in [-0.05, 0) is 25.7 Å². The predicted molar refractivity (Wildman–Crippen MR) is 74.0 cm³/mol. The number of ether oxygens (including phenoxy) is 1. The van der Waals surface area contributed by atoms with Gasteiger partial charge in [0.15, 0.2) is 0 Å². The summed E-state index contributed by atoms with van der Waals surface area (Å²) < 4.78 is 5.18. The molecule has 4 heteroatoms. The average Bonchev–Trinajstić information content (AvgIpc) is 3.08. The van der Waals surface area contributed by atoms with Crippen LogP contribution in [0.15, 0.2) is 0 Å². The maximum atomic E-state index is 12.5. The Kier molecular flexibility index (Phi) is 3.81. The summed E-state index contributed by atoms with van der Waals surface area (Å²) in [5.74, 6) is 0.774. The third-order valence-electron chi connectivity index (χ3n) is 5.43. The number of carbonyl (C=O) groups excluding carboxylic acids is 1. The first kappa shape index (κ1) is 13.4. The molecule has 1 amide bonds. The van der Waals surface area contributed by atoms with Gasteiger partial charge >= 0.3 is 0 Å². The predicted octanol–water partition coefficient (Wildman–Crippen LogP) is 1.50. The third kappa shape index (κ3) is 2.40. The van der Waals surface area contributed by atoms with Gasteiger partial charge in [-0.3, -0.25) is 9.69 Å². The van der Waals surface area contributed by atoms with Crippen LogP contribution in [0.5, 0.6) is 0 Å². The molecule has 0 aromatic carbocycles. The number of nitrogens with zero attached hydrogens (tertiary/aromatic N) is 2. The van der Waals surface area contributed by atoms with E-state index in [1.807, 2.05) is 0 Å². The van der Waals surface area contributed by atoms with Crippen molar-refractivity contribution < 1.29 is 9.53 Å². The fraction of sp³-hybridized carbons (Fsp3) is 0.933. The van der Waals surface area contributed by atoms with Crippen LogP contribution in [0, 0.1) is 5.92 Å². The molecule has 3 aliphatic rings. The van der Waals surface area contributed by atoms with Crippen molar-refractivity contribution in [2.75, 3.05) is 39.9 Å². The summed E-state index contributed by atoms with van der Waals surface area (Å²) in [5, 5.41) is 0. The first-order valence-electron chi connectivity index (χ1n) is 7.78. The lowest BCUT2D eigenvalue weighted by Crippen LogP contribution is -2.62. The van der Waals surface area contributed by atoms with Crippen LogP contribution in [0.3, 0.4) is 0 Å². The van der Waals surface area contributed by atoms with Crippen LogP contribution in [0.25, 0.3) is 0 Å². The smallest absolute Gasteiger partial charge is 0.225 e. The van der Waals surface area contributed by atoms with Crippen molar-refractivity contribution in [1.82, 2.24) is 9.80 Å². The SMILES string of the molecule is COCCN1CC[C@@]12CCN(C(=O)C1CCCC1)C2. The number of methoxy groups -OCH3 is 1. The molecule has 1 saturated carbocycles. The highest BCUT2D eigenvalue weighted by Crippen LogP contribution is 2.40. The van der Waals surface area contributed by atoms with Crippen LogP contribution in [-0.2, 0) is 9.53 Å². The van der Waals surface area contributed by atoms with Gasteiger partial charge in [0.25, 0.3) is 0 Å². The normalized spacial score (nSPS) is 32.2. The van der Waals surface area contributed by atoms with Gasteiger partial charge in [0.2, 0.25) is 5.91 Å². The Hall–Kier alpha value is -0.610. The molecule has 2 heterocycles. The van der Waals surface area contributed by atoms with Crippen molar-refractivity contribution in [3.63, 3.8) is 0 Å². The van der Waals surface area contributed by atoms with Crippen molar-refractivity contribution >= 4 is 5.91 Å². The Labute approximate surface area is 116 Å². The quantitative estimate of drug-likeness (QED) is 0.773. The zero-order valence-corrected chi connectivity index (χ0v) is 12.1. The lowest BCUT2D eigenvalue weighted by molar-refractivity contribution is -0.135. The zero-order valence-electron chi connectivity index (χ0n) is 12.1. The monoisotopic (exact) mass is 266 g/mol. The lowest BCUT2D eigenvalue weighted by atomic mass is 9.84. The van der Waals surface area contributed by atoms with E-state index >= 15 is 0 Å². The molecule has 0 radical (unpaired) electrons. The van der Waals surface area contributed by atoms with Crippen molar-refractivity contribution in [2.45, 2.75) is 44.1 Å². The lowest BCUT2D eigenvalue weighted by Gasteiger charge is -2.50. The first-order valence-corrected chi connectivity index (χ1v) is 7.78. The highest BCUT2D eigenvalue weighted by atomic mass is 16.5. The Morgan fingerprint density at radius 3 is 2.63 bits per heavy atom. The molecule has 2 saturated heterocycles. The van der Waals surface area contributed by atoms with E-state index in [2.05, 4.69) is 9.80 Å². The Balaban J connectivity index is 1.56. The molecule has 3 fully saturated rings. The summed E-state index contributed by atoms with van der Waals surface area (Å²) in [4.78, 5) is 17.2. The minimum absolute atomic E-state index is 0.298. The second-order valence-electron chi connectivity index (χ2n) is 6.45. The first-order chi connectivity index (χ1) is 9.25. The van der Waals surface area contributed by atoms with Crippen LogP contribution in [-0.4, -0.2) is 61.1 Å². The van der Waals surface area contributed by atoms with E-state index in [9.17, 15) is 4.79 Å². The molecule has 19 heavy (non-hydrogen) atoms. The van der Waals surface area contributed by atoms with E-state index in [0.29, 0.717) is 17.4 Å². The molecular formula is C15H26N2O2. The largest absolute Gasteiger partial charge is 0.383 e. The number of carbonyl (C=O) groups is 1. The van der Waals surface area contributed by atoms with Gasteiger partial charge in [-0.25, -0.2) is 0 Å². The van der Waals surface area contributed by atoms with Crippen LogP contribution in [0.2, 0.25) is 0 Å². The molecule has 0 aromatic heterocycles. The molecule has 1 aliphatic carbocycles. The molecule has 4 nitrogen and oxygen atoms in total. The van der Waals surface area contributed by atoms with E-state index < -0.39 is 0 Å².